The van der Waals surface area contributed by atoms with Gasteiger partial charge in [0.05, 0.1) is 5.69 Å². The van der Waals surface area contributed by atoms with E-state index in [4.69, 9.17) is 4.74 Å². The number of amides is 2. The number of piperidine rings is 1. The van der Waals surface area contributed by atoms with E-state index >= 15 is 0 Å². The second kappa shape index (κ2) is 7.95. The number of halogens is 3. The summed E-state index contributed by atoms with van der Waals surface area (Å²) >= 11 is 0. The molecular formula is C17H23F3N2O3. The third-order valence-electron chi connectivity index (χ3n) is 4.27. The number of anilines is 1. The van der Waals surface area contributed by atoms with Gasteiger partial charge in [-0.1, -0.05) is 6.07 Å². The highest BCUT2D eigenvalue weighted by atomic mass is 19.4. The molecule has 1 fully saturated rings. The Balaban J connectivity index is 2.11. The minimum atomic E-state index is -4.46. The topological polar surface area (TPSA) is 61.8 Å². The molecule has 0 aliphatic carbocycles. The highest BCUT2D eigenvalue weighted by Crippen LogP contribution is 2.29. The zero-order chi connectivity index (χ0) is 18.6. The first-order chi connectivity index (χ1) is 11.7. The predicted octanol–water partition coefficient (Wildman–Crippen LogP) is 3.56. The molecule has 1 saturated heterocycles. The number of nitrogens with zero attached hydrogens (tertiary/aromatic N) is 1. The molecule has 0 radical (unpaired) electrons. The van der Waals surface area contributed by atoms with E-state index < -0.39 is 18.8 Å². The van der Waals surface area contributed by atoms with Gasteiger partial charge in [-0.15, -0.1) is 0 Å². The molecule has 1 aliphatic heterocycles. The summed E-state index contributed by atoms with van der Waals surface area (Å²) in [4.78, 5) is 14.1. The summed E-state index contributed by atoms with van der Waals surface area (Å²) in [5.41, 5.74) is 0.917. The van der Waals surface area contributed by atoms with Crippen LogP contribution in [0.1, 0.15) is 25.3 Å². The van der Waals surface area contributed by atoms with Crippen LogP contribution in [0, 0.1) is 12.8 Å². The number of nitrogens with one attached hydrogen (secondary N) is 1. The highest BCUT2D eigenvalue weighted by molar-refractivity contribution is 5.91. The third-order valence-corrected chi connectivity index (χ3v) is 4.27. The SMILES string of the molecule is Cc1ccc(NC(=O)N2C[C@@H](CO)CC[C@H]2C)c(OCC(F)(F)F)c1. The average Bonchev–Trinajstić information content (AvgIpc) is 2.54. The molecule has 2 atom stereocenters. The van der Waals surface area contributed by atoms with Crippen molar-refractivity contribution in [1.29, 1.82) is 0 Å². The lowest BCUT2D eigenvalue weighted by Crippen LogP contribution is -2.48. The van der Waals surface area contributed by atoms with Gasteiger partial charge in [-0.2, -0.15) is 13.2 Å². The number of ether oxygens (including phenoxy) is 1. The molecule has 1 aromatic rings. The number of benzene rings is 1. The van der Waals surface area contributed by atoms with Crippen LogP contribution < -0.4 is 10.1 Å². The lowest BCUT2D eigenvalue weighted by molar-refractivity contribution is -0.153. The molecule has 2 rings (SSSR count). The number of carbonyl (C=O) groups is 1. The van der Waals surface area contributed by atoms with Crippen molar-refractivity contribution in [3.63, 3.8) is 0 Å². The van der Waals surface area contributed by atoms with E-state index in [9.17, 15) is 23.1 Å². The van der Waals surface area contributed by atoms with Gasteiger partial charge in [-0.25, -0.2) is 4.79 Å². The van der Waals surface area contributed by atoms with E-state index in [1.54, 1.807) is 17.9 Å². The Morgan fingerprint density at radius 3 is 2.76 bits per heavy atom. The number of hydrogen-bond donors (Lipinski definition) is 2. The number of aliphatic hydroxyl groups excluding tert-OH is 1. The Labute approximate surface area is 144 Å². The number of likely N-dealkylation sites (tertiary alicyclic amines) is 1. The van der Waals surface area contributed by atoms with Crippen LogP contribution in [0.3, 0.4) is 0 Å². The van der Waals surface area contributed by atoms with Gasteiger partial charge < -0.3 is 20.1 Å². The highest BCUT2D eigenvalue weighted by Gasteiger charge is 2.30. The first-order valence-corrected chi connectivity index (χ1v) is 8.18. The Kier molecular flexibility index (Phi) is 6.16. The number of alkyl halides is 3. The summed E-state index contributed by atoms with van der Waals surface area (Å²) in [6.45, 7) is 2.62. The maximum absolute atomic E-state index is 12.5. The van der Waals surface area contributed by atoms with Crippen LogP contribution in [0.25, 0.3) is 0 Å². The first kappa shape index (κ1) is 19.4. The summed E-state index contributed by atoms with van der Waals surface area (Å²) in [5, 5.41) is 11.9. The van der Waals surface area contributed by atoms with Crippen LogP contribution in [0.15, 0.2) is 18.2 Å². The van der Waals surface area contributed by atoms with Crippen LogP contribution in [-0.2, 0) is 0 Å². The largest absolute Gasteiger partial charge is 0.482 e. The molecule has 0 saturated carbocycles. The van der Waals surface area contributed by atoms with Crippen LogP contribution in [0.2, 0.25) is 0 Å². The summed E-state index contributed by atoms with van der Waals surface area (Å²) in [5.74, 6) is -0.00466. The zero-order valence-electron chi connectivity index (χ0n) is 14.3. The van der Waals surface area contributed by atoms with E-state index in [-0.39, 0.29) is 30.0 Å². The van der Waals surface area contributed by atoms with Gasteiger partial charge in [0.1, 0.15) is 5.75 Å². The standard InChI is InChI=1S/C17H23F3N2O3/c1-11-3-6-14(15(7-11)25-10-17(18,19)20)21-16(24)22-8-13(9-23)5-4-12(22)2/h3,6-7,12-13,23H,4-5,8-10H2,1-2H3,(H,21,24)/t12-,13+/m1/s1. The monoisotopic (exact) mass is 360 g/mol. The van der Waals surface area contributed by atoms with Crippen LogP contribution in [0.4, 0.5) is 23.7 Å². The van der Waals surface area contributed by atoms with Crippen molar-refractivity contribution < 1.29 is 27.8 Å². The Morgan fingerprint density at radius 1 is 1.40 bits per heavy atom. The molecular weight excluding hydrogens is 337 g/mol. The van der Waals surface area contributed by atoms with Crippen molar-refractivity contribution in [2.75, 3.05) is 25.1 Å². The van der Waals surface area contributed by atoms with Crippen molar-refractivity contribution in [3.05, 3.63) is 23.8 Å². The van der Waals surface area contributed by atoms with Crippen LogP contribution in [0.5, 0.6) is 5.75 Å². The Bertz CT molecular complexity index is 607. The van der Waals surface area contributed by atoms with Crippen LogP contribution in [-0.4, -0.2) is 48.0 Å². The van der Waals surface area contributed by atoms with Gasteiger partial charge in [-0.3, -0.25) is 0 Å². The van der Waals surface area contributed by atoms with E-state index in [0.29, 0.717) is 6.54 Å². The fraction of sp³-hybridized carbons (Fsp3) is 0.588. The fourth-order valence-electron chi connectivity index (χ4n) is 2.81. The van der Waals surface area contributed by atoms with Gasteiger partial charge in [0.15, 0.2) is 6.61 Å². The maximum Gasteiger partial charge on any atom is 0.422 e. The summed E-state index contributed by atoms with van der Waals surface area (Å²) in [6.07, 6.45) is -2.85. The minimum absolute atomic E-state index is 0.000968. The molecule has 1 aliphatic rings. The molecule has 1 aromatic carbocycles. The maximum atomic E-state index is 12.5. The van der Waals surface area contributed by atoms with Gasteiger partial charge in [0, 0.05) is 19.2 Å². The Hall–Kier alpha value is -1.96. The molecule has 5 nitrogen and oxygen atoms in total. The summed E-state index contributed by atoms with van der Waals surface area (Å²) < 4.78 is 42.1. The van der Waals surface area contributed by atoms with Crippen molar-refractivity contribution in [2.24, 2.45) is 5.92 Å². The van der Waals surface area contributed by atoms with E-state index in [2.05, 4.69) is 5.32 Å². The number of aliphatic hydroxyl groups is 1. The predicted molar refractivity (Wildman–Crippen MR) is 87.7 cm³/mol. The fourth-order valence-corrected chi connectivity index (χ4v) is 2.81. The average molecular weight is 360 g/mol. The number of hydrogen-bond acceptors (Lipinski definition) is 3. The number of rotatable bonds is 4. The van der Waals surface area contributed by atoms with Gasteiger partial charge in [0.2, 0.25) is 0 Å². The second-order valence-electron chi connectivity index (χ2n) is 6.46. The molecule has 2 amide bonds. The Morgan fingerprint density at radius 2 is 2.12 bits per heavy atom. The van der Waals surface area contributed by atoms with Gasteiger partial charge >= 0.3 is 12.2 Å². The lowest BCUT2D eigenvalue weighted by Gasteiger charge is -2.37. The van der Waals surface area contributed by atoms with Crippen molar-refractivity contribution in [3.8, 4) is 5.75 Å². The molecule has 2 N–H and O–H groups in total. The van der Waals surface area contributed by atoms with E-state index in [1.165, 1.54) is 12.1 Å². The zero-order valence-corrected chi connectivity index (χ0v) is 14.3. The molecule has 25 heavy (non-hydrogen) atoms. The van der Waals surface area contributed by atoms with Crippen molar-refractivity contribution in [2.45, 2.75) is 38.9 Å². The first-order valence-electron chi connectivity index (χ1n) is 8.18. The number of urea groups is 1. The molecule has 0 spiro atoms. The molecule has 140 valence electrons. The van der Waals surface area contributed by atoms with Crippen molar-refractivity contribution >= 4 is 11.7 Å². The molecule has 8 heteroatoms. The lowest BCUT2D eigenvalue weighted by atomic mass is 9.94. The van der Waals surface area contributed by atoms with E-state index in [1.807, 2.05) is 6.92 Å². The van der Waals surface area contributed by atoms with Gasteiger partial charge in [0.25, 0.3) is 0 Å². The second-order valence-corrected chi connectivity index (χ2v) is 6.46. The normalized spacial score (nSPS) is 21.1. The third kappa shape index (κ3) is 5.52. The smallest absolute Gasteiger partial charge is 0.422 e. The minimum Gasteiger partial charge on any atom is -0.482 e. The van der Waals surface area contributed by atoms with E-state index in [0.717, 1.165) is 18.4 Å². The number of aryl methyl sites for hydroxylation is 1. The molecule has 0 aromatic heterocycles. The molecule has 0 unspecified atom stereocenters. The van der Waals surface area contributed by atoms with Gasteiger partial charge in [-0.05, 0) is 50.3 Å². The van der Waals surface area contributed by atoms with Crippen molar-refractivity contribution in [1.82, 2.24) is 4.90 Å². The van der Waals surface area contributed by atoms with Crippen LogP contribution >= 0.6 is 0 Å². The molecule has 0 bridgehead atoms. The number of carbonyl (C=O) groups excluding carboxylic acids is 1. The molecule has 1 heterocycles. The summed E-state index contributed by atoms with van der Waals surface area (Å²) in [7, 11) is 0. The quantitative estimate of drug-likeness (QED) is 0.863. The summed E-state index contributed by atoms with van der Waals surface area (Å²) in [6, 6.07) is 4.25.